The molecule has 1 aromatic carbocycles. The van der Waals surface area contributed by atoms with E-state index in [1.165, 1.54) is 16.3 Å². The fourth-order valence-electron chi connectivity index (χ4n) is 5.84. The fraction of sp³-hybridized carbons (Fsp3) is 0.333. The Labute approximate surface area is 288 Å². The average molecular weight is 805 g/mol. The van der Waals surface area contributed by atoms with Crippen molar-refractivity contribution in [2.24, 2.45) is 5.41 Å². The molecule has 0 atom stereocenters. The van der Waals surface area contributed by atoms with Crippen LogP contribution in [0.2, 0.25) is 19.6 Å². The second kappa shape index (κ2) is 14.9. The number of fused-ring (bicyclic) bond motifs is 3. The number of pyridine rings is 4. The van der Waals surface area contributed by atoms with Crippen LogP contribution in [0.1, 0.15) is 64.5 Å². The van der Waals surface area contributed by atoms with Crippen LogP contribution in [0.3, 0.4) is 0 Å². The van der Waals surface area contributed by atoms with E-state index >= 15 is 0 Å². The molecule has 0 N–H and O–H groups in total. The zero-order valence-electron chi connectivity index (χ0n) is 28.2. The Balaban J connectivity index is 0.000000207. The van der Waals surface area contributed by atoms with Crippen LogP contribution in [0.15, 0.2) is 83.8 Å². The van der Waals surface area contributed by atoms with E-state index in [0.717, 1.165) is 58.1 Å². The van der Waals surface area contributed by atoms with Gasteiger partial charge in [-0.05, 0) is 83.1 Å². The summed E-state index contributed by atoms with van der Waals surface area (Å²) in [7, 11) is -1.37. The van der Waals surface area contributed by atoms with Gasteiger partial charge in [-0.3, -0.25) is 0 Å². The first kappa shape index (κ1) is 35.3. The van der Waals surface area contributed by atoms with Crippen LogP contribution < -0.4 is 5.19 Å². The van der Waals surface area contributed by atoms with E-state index in [1.54, 1.807) is 12.4 Å². The van der Waals surface area contributed by atoms with Gasteiger partial charge in [-0.15, -0.1) is 35.9 Å². The number of hydrogen-bond acceptors (Lipinski definition) is 5. The second-order valence-electron chi connectivity index (χ2n) is 13.9. The molecular formula is C39H44IrN4OSi-2. The molecule has 0 aliphatic carbocycles. The number of rotatable bonds is 7. The van der Waals surface area contributed by atoms with Crippen molar-refractivity contribution in [3.63, 3.8) is 0 Å². The zero-order chi connectivity index (χ0) is 32.2. The number of hydrogen-bond donors (Lipinski definition) is 0. The second-order valence-corrected chi connectivity index (χ2v) is 19.0. The molecule has 0 spiro atoms. The molecule has 0 aliphatic heterocycles. The van der Waals surface area contributed by atoms with Crippen molar-refractivity contribution >= 4 is 35.3 Å². The standard InChI is InChI=1S/C20H18N3O.C19H26NSi.Ir/c1-3-13(4-2)14-7-9-22-18(10-14)17-12-21-11-16-15-6-5-8-23-20(15)24-19(16)17;1-19(2,3)13-16-12-17(15-10-8-7-9-11-15)20-14-18(16)21(4,5)6;/h5-11,13H,3-4H2,1-2H3;7-10,12,14H,13H2,1-6H3;/q2*-1;. The van der Waals surface area contributed by atoms with Crippen LogP contribution in [0, 0.1) is 17.7 Å². The van der Waals surface area contributed by atoms with Gasteiger partial charge < -0.3 is 19.4 Å². The van der Waals surface area contributed by atoms with Crippen molar-refractivity contribution in [2.45, 2.75) is 79.4 Å². The Morgan fingerprint density at radius 1 is 0.848 bits per heavy atom. The Morgan fingerprint density at radius 2 is 1.63 bits per heavy atom. The molecule has 0 unspecified atom stereocenters. The van der Waals surface area contributed by atoms with Crippen LogP contribution in [0.5, 0.6) is 0 Å². The average Bonchev–Trinajstić information content (AvgIpc) is 3.40. The molecule has 241 valence electrons. The molecule has 7 heteroatoms. The minimum atomic E-state index is -1.37. The maximum absolute atomic E-state index is 5.97. The van der Waals surface area contributed by atoms with Crippen molar-refractivity contribution in [1.29, 1.82) is 0 Å². The summed E-state index contributed by atoms with van der Waals surface area (Å²) in [6.45, 7) is 18.5. The molecule has 0 saturated heterocycles. The Morgan fingerprint density at radius 3 is 2.30 bits per heavy atom. The minimum Gasteiger partial charge on any atom is -0.486 e. The zero-order valence-corrected chi connectivity index (χ0v) is 31.6. The van der Waals surface area contributed by atoms with Gasteiger partial charge in [0.05, 0.1) is 13.7 Å². The molecule has 5 heterocycles. The van der Waals surface area contributed by atoms with Crippen molar-refractivity contribution in [2.75, 3.05) is 0 Å². The summed E-state index contributed by atoms with van der Waals surface area (Å²) in [5.74, 6) is 0.538. The van der Waals surface area contributed by atoms with E-state index in [-0.39, 0.29) is 25.5 Å². The third-order valence-corrected chi connectivity index (χ3v) is 10.2. The van der Waals surface area contributed by atoms with Gasteiger partial charge in [-0.25, -0.2) is 4.98 Å². The third-order valence-electron chi connectivity index (χ3n) is 8.10. The summed E-state index contributed by atoms with van der Waals surface area (Å²) < 4.78 is 5.97. The number of aromatic nitrogens is 4. The molecular weight excluding hydrogens is 761 g/mol. The van der Waals surface area contributed by atoms with Crippen molar-refractivity contribution in [1.82, 2.24) is 19.9 Å². The first-order valence-electron chi connectivity index (χ1n) is 15.9. The van der Waals surface area contributed by atoms with E-state index in [9.17, 15) is 0 Å². The van der Waals surface area contributed by atoms with Crippen LogP contribution in [-0.2, 0) is 26.5 Å². The number of nitrogens with zero attached hydrogens (tertiary/aromatic N) is 4. The molecule has 46 heavy (non-hydrogen) atoms. The van der Waals surface area contributed by atoms with Gasteiger partial charge in [-0.2, -0.15) is 0 Å². The molecule has 0 aliphatic rings. The van der Waals surface area contributed by atoms with Gasteiger partial charge in [0, 0.05) is 44.1 Å². The maximum Gasteiger partial charge on any atom is 0.216 e. The van der Waals surface area contributed by atoms with E-state index in [2.05, 4.69) is 112 Å². The molecule has 0 bridgehead atoms. The van der Waals surface area contributed by atoms with Gasteiger partial charge in [0.15, 0.2) is 0 Å². The van der Waals surface area contributed by atoms with Gasteiger partial charge in [-0.1, -0.05) is 83.1 Å². The quantitative estimate of drug-likeness (QED) is 0.119. The van der Waals surface area contributed by atoms with Crippen molar-refractivity contribution in [3.05, 3.63) is 103 Å². The van der Waals surface area contributed by atoms with Gasteiger partial charge in [0.25, 0.3) is 0 Å². The number of benzene rings is 1. The third kappa shape index (κ3) is 8.25. The Bertz CT molecular complexity index is 1890. The van der Waals surface area contributed by atoms with E-state index in [1.807, 2.05) is 36.5 Å². The molecule has 0 amide bonds. The largest absolute Gasteiger partial charge is 0.486 e. The minimum absolute atomic E-state index is 0. The van der Waals surface area contributed by atoms with Gasteiger partial charge in [0.1, 0.15) is 0 Å². The number of furan rings is 1. The fourth-order valence-corrected chi connectivity index (χ4v) is 7.41. The van der Waals surface area contributed by atoms with Crippen LogP contribution in [0.25, 0.3) is 44.6 Å². The predicted octanol–water partition coefficient (Wildman–Crippen LogP) is 9.82. The Hall–Kier alpha value is -3.51. The smallest absolute Gasteiger partial charge is 0.216 e. The summed E-state index contributed by atoms with van der Waals surface area (Å²) >= 11 is 0. The van der Waals surface area contributed by atoms with Crippen LogP contribution >= 0.6 is 0 Å². The Kier molecular flexibility index (Phi) is 11.5. The summed E-state index contributed by atoms with van der Waals surface area (Å²) in [5.41, 5.74) is 8.15. The summed E-state index contributed by atoms with van der Waals surface area (Å²) in [6.07, 6.45) is 13.8. The van der Waals surface area contributed by atoms with Crippen molar-refractivity contribution in [3.8, 4) is 22.5 Å². The first-order valence-corrected chi connectivity index (χ1v) is 19.4. The van der Waals surface area contributed by atoms with Crippen LogP contribution in [0.4, 0.5) is 0 Å². The summed E-state index contributed by atoms with van der Waals surface area (Å²) in [4.78, 5) is 17.8. The van der Waals surface area contributed by atoms with E-state index < -0.39 is 8.07 Å². The predicted molar refractivity (Wildman–Crippen MR) is 189 cm³/mol. The normalized spacial score (nSPS) is 11.8. The van der Waals surface area contributed by atoms with Crippen molar-refractivity contribution < 1.29 is 24.5 Å². The molecule has 6 rings (SSSR count). The van der Waals surface area contributed by atoms with E-state index in [4.69, 9.17) is 9.40 Å². The molecule has 0 saturated carbocycles. The summed E-state index contributed by atoms with van der Waals surface area (Å²) in [6, 6.07) is 21.8. The monoisotopic (exact) mass is 805 g/mol. The molecule has 0 fully saturated rings. The van der Waals surface area contributed by atoms with Gasteiger partial charge >= 0.3 is 0 Å². The topological polar surface area (TPSA) is 64.7 Å². The van der Waals surface area contributed by atoms with E-state index in [0.29, 0.717) is 11.6 Å². The SMILES string of the molecule is CC(C)(C)Cc1cc(-c2[c-]cccc2)ncc1[Si](C)(C)C.CCC(CC)c1ccnc(-c2[c-]ncc3c2oc2ncccc23)c1.[Ir]. The van der Waals surface area contributed by atoms with Crippen LogP contribution in [-0.4, -0.2) is 28.0 Å². The van der Waals surface area contributed by atoms with Gasteiger partial charge in [0.2, 0.25) is 5.71 Å². The summed E-state index contributed by atoms with van der Waals surface area (Å²) in [5, 5.41) is 3.39. The molecule has 6 aromatic rings. The molecule has 5 nitrogen and oxygen atoms in total. The first-order chi connectivity index (χ1) is 21.5. The maximum atomic E-state index is 5.97. The molecule has 5 aromatic heterocycles. The molecule has 1 radical (unpaired) electrons.